The zero-order valence-corrected chi connectivity index (χ0v) is 24.4. The van der Waals surface area contributed by atoms with E-state index in [1.807, 2.05) is 74.5 Å². The van der Waals surface area contributed by atoms with Gasteiger partial charge in [0.15, 0.2) is 0 Å². The van der Waals surface area contributed by atoms with Crippen LogP contribution in [0.5, 0.6) is 0 Å². The second-order valence-corrected chi connectivity index (χ2v) is 12.4. The Labute approximate surface area is 236 Å². The smallest absolute Gasteiger partial charge is 0.244 e. The van der Waals surface area contributed by atoms with Gasteiger partial charge < -0.3 is 10.2 Å². The minimum absolute atomic E-state index is 0.137. The summed E-state index contributed by atoms with van der Waals surface area (Å²) < 4.78 is 26.9. The van der Waals surface area contributed by atoms with E-state index in [0.717, 1.165) is 21.7 Å². The summed E-state index contributed by atoms with van der Waals surface area (Å²) in [5, 5.41) is 3.33. The van der Waals surface area contributed by atoms with E-state index in [4.69, 9.17) is 11.6 Å². The molecule has 3 aromatic carbocycles. The predicted molar refractivity (Wildman–Crippen MR) is 157 cm³/mol. The first-order valence-electron chi connectivity index (χ1n) is 12.8. The monoisotopic (exact) mass is 569 g/mol. The van der Waals surface area contributed by atoms with Gasteiger partial charge in [-0.25, -0.2) is 8.42 Å². The largest absolute Gasteiger partial charge is 0.354 e. The molecule has 0 aliphatic carbocycles. The van der Waals surface area contributed by atoms with Gasteiger partial charge in [0, 0.05) is 24.5 Å². The van der Waals surface area contributed by atoms with E-state index in [0.29, 0.717) is 22.8 Å². The van der Waals surface area contributed by atoms with Gasteiger partial charge in [0.1, 0.15) is 12.6 Å². The Morgan fingerprint density at radius 1 is 0.923 bits per heavy atom. The maximum Gasteiger partial charge on any atom is 0.244 e. The molecule has 1 unspecified atom stereocenters. The maximum atomic E-state index is 14.1. The minimum atomic E-state index is -3.86. The summed E-state index contributed by atoms with van der Waals surface area (Å²) in [6, 6.07) is 22.9. The van der Waals surface area contributed by atoms with Crippen LogP contribution in [-0.2, 0) is 32.6 Å². The van der Waals surface area contributed by atoms with E-state index in [2.05, 4.69) is 5.32 Å². The Morgan fingerprint density at radius 2 is 1.51 bits per heavy atom. The number of aryl methyl sites for hydroxylation is 1. The molecule has 0 aliphatic heterocycles. The van der Waals surface area contributed by atoms with E-state index in [1.165, 1.54) is 11.0 Å². The molecule has 7 nitrogen and oxygen atoms in total. The Bertz CT molecular complexity index is 1370. The molecule has 2 amide bonds. The van der Waals surface area contributed by atoms with Crippen LogP contribution in [0.3, 0.4) is 0 Å². The highest BCUT2D eigenvalue weighted by molar-refractivity contribution is 7.92. The van der Waals surface area contributed by atoms with E-state index < -0.39 is 28.5 Å². The number of nitrogens with zero attached hydrogens (tertiary/aromatic N) is 2. The van der Waals surface area contributed by atoms with Crippen molar-refractivity contribution in [3.05, 3.63) is 101 Å². The first-order chi connectivity index (χ1) is 18.5. The summed E-state index contributed by atoms with van der Waals surface area (Å²) in [5.74, 6) is -0.568. The number of hydrogen-bond acceptors (Lipinski definition) is 4. The first-order valence-corrected chi connectivity index (χ1v) is 15.1. The van der Waals surface area contributed by atoms with E-state index in [-0.39, 0.29) is 24.8 Å². The second-order valence-electron chi connectivity index (χ2n) is 10.1. The van der Waals surface area contributed by atoms with Crippen LogP contribution in [0.25, 0.3) is 0 Å². The van der Waals surface area contributed by atoms with Crippen molar-refractivity contribution in [1.29, 1.82) is 0 Å². The van der Waals surface area contributed by atoms with Crippen LogP contribution in [0, 0.1) is 12.8 Å². The van der Waals surface area contributed by atoms with Crippen molar-refractivity contribution in [3.63, 3.8) is 0 Å². The van der Waals surface area contributed by atoms with Gasteiger partial charge in [0.05, 0.1) is 11.9 Å². The maximum absolute atomic E-state index is 14.1. The molecule has 0 aliphatic rings. The van der Waals surface area contributed by atoms with Crippen molar-refractivity contribution < 1.29 is 18.0 Å². The number of benzene rings is 3. The van der Waals surface area contributed by atoms with Crippen LogP contribution in [0.2, 0.25) is 5.02 Å². The van der Waals surface area contributed by atoms with Crippen molar-refractivity contribution in [2.24, 2.45) is 5.92 Å². The SMILES string of the molecule is Cc1ccc(Cl)cc1N(CC(=O)N(Cc1ccccc1)C(Cc1ccccc1)C(=O)NCC(C)C)S(C)(=O)=O. The molecule has 0 fully saturated rings. The van der Waals surface area contributed by atoms with Gasteiger partial charge in [0.25, 0.3) is 0 Å². The Hall–Kier alpha value is -3.36. The van der Waals surface area contributed by atoms with Crippen LogP contribution in [0.4, 0.5) is 5.69 Å². The van der Waals surface area contributed by atoms with Crippen molar-refractivity contribution in [2.45, 2.75) is 39.8 Å². The minimum Gasteiger partial charge on any atom is -0.354 e. The molecule has 0 saturated heterocycles. The highest BCUT2D eigenvalue weighted by Gasteiger charge is 2.33. The summed E-state index contributed by atoms with van der Waals surface area (Å²) in [4.78, 5) is 29.1. The fourth-order valence-corrected chi connectivity index (χ4v) is 5.27. The third-order valence-electron chi connectivity index (χ3n) is 6.27. The lowest BCUT2D eigenvalue weighted by atomic mass is 10.0. The van der Waals surface area contributed by atoms with E-state index in [1.54, 1.807) is 19.1 Å². The summed E-state index contributed by atoms with van der Waals surface area (Å²) >= 11 is 6.19. The molecule has 0 aromatic heterocycles. The summed E-state index contributed by atoms with van der Waals surface area (Å²) in [6.07, 6.45) is 1.33. The Kier molecular flexibility index (Phi) is 10.5. The molecule has 0 heterocycles. The third-order valence-corrected chi connectivity index (χ3v) is 7.63. The molecule has 1 atom stereocenters. The summed E-state index contributed by atoms with van der Waals surface area (Å²) in [5.41, 5.74) is 2.69. The number of rotatable bonds is 12. The lowest BCUT2D eigenvalue weighted by Gasteiger charge is -2.34. The number of carbonyl (C=O) groups is 2. The first kappa shape index (κ1) is 30.2. The molecule has 3 aromatic rings. The van der Waals surface area contributed by atoms with Gasteiger partial charge >= 0.3 is 0 Å². The van der Waals surface area contributed by atoms with Gasteiger partial charge in [-0.2, -0.15) is 0 Å². The zero-order valence-electron chi connectivity index (χ0n) is 22.8. The standard InChI is InChI=1S/C30H36ClN3O4S/c1-22(2)19-32-30(36)28(17-24-11-7-5-8-12-24)33(20-25-13-9-6-10-14-25)29(35)21-34(39(4,37)38)27-18-26(31)16-15-23(27)3/h5-16,18,22,28H,17,19-21H2,1-4H3,(H,32,36). The van der Waals surface area contributed by atoms with Crippen molar-refractivity contribution in [1.82, 2.24) is 10.2 Å². The van der Waals surface area contributed by atoms with Gasteiger partial charge in [-0.05, 0) is 41.7 Å². The van der Waals surface area contributed by atoms with Crippen LogP contribution in [-0.4, -0.2) is 50.5 Å². The summed E-state index contributed by atoms with van der Waals surface area (Å²) in [6.45, 7) is 5.86. The predicted octanol–water partition coefficient (Wildman–Crippen LogP) is 4.83. The molecule has 0 bridgehead atoms. The molecule has 0 saturated carbocycles. The molecular weight excluding hydrogens is 534 g/mol. The van der Waals surface area contributed by atoms with Crippen LogP contribution in [0.15, 0.2) is 78.9 Å². The number of anilines is 1. The number of amides is 2. The number of sulfonamides is 1. The average molecular weight is 570 g/mol. The van der Waals surface area contributed by atoms with Gasteiger partial charge in [-0.1, -0.05) is 92.2 Å². The van der Waals surface area contributed by atoms with E-state index in [9.17, 15) is 18.0 Å². The number of hydrogen-bond donors (Lipinski definition) is 1. The van der Waals surface area contributed by atoms with Crippen molar-refractivity contribution in [2.75, 3.05) is 23.7 Å². The van der Waals surface area contributed by atoms with Crippen molar-refractivity contribution in [3.8, 4) is 0 Å². The normalized spacial score (nSPS) is 12.2. The molecule has 0 spiro atoms. The average Bonchev–Trinajstić information content (AvgIpc) is 2.89. The Balaban J connectivity index is 2.05. The molecule has 39 heavy (non-hydrogen) atoms. The fraction of sp³-hybridized carbons (Fsp3) is 0.333. The van der Waals surface area contributed by atoms with Crippen LogP contribution < -0.4 is 9.62 Å². The molecule has 3 rings (SSSR count). The third kappa shape index (κ3) is 8.83. The molecular formula is C30H36ClN3O4S. The van der Waals surface area contributed by atoms with Crippen LogP contribution >= 0.6 is 11.6 Å². The topological polar surface area (TPSA) is 86.8 Å². The lowest BCUT2D eigenvalue weighted by molar-refractivity contribution is -0.140. The van der Waals surface area contributed by atoms with Crippen molar-refractivity contribution >= 4 is 39.1 Å². The number of halogens is 1. The number of nitrogens with one attached hydrogen (secondary N) is 1. The Morgan fingerprint density at radius 3 is 2.08 bits per heavy atom. The highest BCUT2D eigenvalue weighted by atomic mass is 35.5. The van der Waals surface area contributed by atoms with Gasteiger partial charge in [-0.15, -0.1) is 0 Å². The van der Waals surface area contributed by atoms with Gasteiger partial charge in [0.2, 0.25) is 21.8 Å². The molecule has 1 N–H and O–H groups in total. The highest BCUT2D eigenvalue weighted by Crippen LogP contribution is 2.27. The van der Waals surface area contributed by atoms with Gasteiger partial charge in [-0.3, -0.25) is 13.9 Å². The summed E-state index contributed by atoms with van der Waals surface area (Å²) in [7, 11) is -3.86. The quantitative estimate of drug-likeness (QED) is 0.338. The van der Waals surface area contributed by atoms with E-state index >= 15 is 0 Å². The lowest BCUT2D eigenvalue weighted by Crippen LogP contribution is -2.53. The molecule has 0 radical (unpaired) electrons. The second kappa shape index (κ2) is 13.6. The molecule has 208 valence electrons. The molecule has 9 heteroatoms. The number of carbonyl (C=O) groups excluding carboxylic acids is 2. The zero-order chi connectivity index (χ0) is 28.6. The fourth-order valence-electron chi connectivity index (χ4n) is 4.20. The van der Waals surface area contributed by atoms with Crippen LogP contribution in [0.1, 0.15) is 30.5 Å².